The van der Waals surface area contributed by atoms with Gasteiger partial charge in [0.25, 0.3) is 5.91 Å². The lowest BCUT2D eigenvalue weighted by molar-refractivity contribution is -0.140. The Morgan fingerprint density at radius 1 is 1.17 bits per heavy atom. The molecule has 1 aliphatic rings. The SMILES string of the molecule is CCC(=O)OC1=C(C)C(=O)N(c2ccc(OC)cc2)[C@H](c2cccc(Cl)c2)[C@H]1C. The molecule has 6 heteroatoms. The third-order valence-electron chi connectivity index (χ3n) is 5.13. The summed E-state index contributed by atoms with van der Waals surface area (Å²) in [5.41, 5.74) is 2.02. The summed E-state index contributed by atoms with van der Waals surface area (Å²) in [4.78, 5) is 27.1. The molecule has 0 aromatic heterocycles. The van der Waals surface area contributed by atoms with Gasteiger partial charge in [0.1, 0.15) is 11.5 Å². The molecule has 0 saturated carbocycles. The van der Waals surface area contributed by atoms with Crippen LogP contribution in [0, 0.1) is 5.92 Å². The van der Waals surface area contributed by atoms with Crippen molar-refractivity contribution in [3.63, 3.8) is 0 Å². The van der Waals surface area contributed by atoms with Crippen LogP contribution in [0.5, 0.6) is 5.75 Å². The number of rotatable bonds is 5. The summed E-state index contributed by atoms with van der Waals surface area (Å²) in [5, 5.41) is 0.579. The maximum absolute atomic E-state index is 13.4. The zero-order valence-corrected chi connectivity index (χ0v) is 17.7. The van der Waals surface area contributed by atoms with Crippen LogP contribution in [0.25, 0.3) is 0 Å². The zero-order valence-electron chi connectivity index (χ0n) is 16.9. The summed E-state index contributed by atoms with van der Waals surface area (Å²) in [6.45, 7) is 5.38. The first-order valence-electron chi connectivity index (χ1n) is 9.51. The molecule has 1 heterocycles. The van der Waals surface area contributed by atoms with Crippen molar-refractivity contribution in [2.45, 2.75) is 33.2 Å². The van der Waals surface area contributed by atoms with Crippen molar-refractivity contribution in [1.82, 2.24) is 0 Å². The quantitative estimate of drug-likeness (QED) is 0.624. The van der Waals surface area contributed by atoms with E-state index < -0.39 is 0 Å². The number of hydrogen-bond donors (Lipinski definition) is 0. The van der Waals surface area contributed by atoms with Gasteiger partial charge in [0, 0.05) is 23.0 Å². The predicted molar refractivity (Wildman–Crippen MR) is 113 cm³/mol. The standard InChI is InChI=1S/C23H24ClNO4/c1-5-20(26)29-22-14(2)21(16-7-6-8-17(24)13-16)25(23(27)15(22)3)18-9-11-19(28-4)12-10-18/h6-14,21H,5H2,1-4H3/t14-,21+/m1/s1. The molecule has 0 unspecified atom stereocenters. The minimum Gasteiger partial charge on any atom is -0.497 e. The fourth-order valence-electron chi connectivity index (χ4n) is 3.63. The van der Waals surface area contributed by atoms with Gasteiger partial charge in [-0.3, -0.25) is 9.59 Å². The van der Waals surface area contributed by atoms with Crippen molar-refractivity contribution in [3.8, 4) is 5.75 Å². The molecule has 0 fully saturated rings. The Morgan fingerprint density at radius 2 is 1.86 bits per heavy atom. The Morgan fingerprint density at radius 3 is 2.45 bits per heavy atom. The third-order valence-corrected chi connectivity index (χ3v) is 5.36. The molecular weight excluding hydrogens is 390 g/mol. The molecule has 0 aliphatic carbocycles. The van der Waals surface area contributed by atoms with Crippen LogP contribution in [-0.4, -0.2) is 19.0 Å². The van der Waals surface area contributed by atoms with E-state index in [1.54, 1.807) is 31.9 Å². The van der Waals surface area contributed by atoms with Gasteiger partial charge < -0.3 is 14.4 Å². The molecule has 152 valence electrons. The lowest BCUT2D eigenvalue weighted by atomic mass is 9.85. The van der Waals surface area contributed by atoms with E-state index in [2.05, 4.69) is 0 Å². The van der Waals surface area contributed by atoms with Gasteiger partial charge in [0.05, 0.1) is 18.7 Å². The summed E-state index contributed by atoms with van der Waals surface area (Å²) in [6.07, 6.45) is 0.238. The normalized spacial score (nSPS) is 19.3. The van der Waals surface area contributed by atoms with Crippen LogP contribution in [0.2, 0.25) is 5.02 Å². The Labute approximate surface area is 175 Å². The van der Waals surface area contributed by atoms with Gasteiger partial charge in [-0.15, -0.1) is 0 Å². The summed E-state index contributed by atoms with van der Waals surface area (Å²) in [6, 6.07) is 14.3. The predicted octanol–water partition coefficient (Wildman–Crippen LogP) is 5.30. The molecule has 0 bridgehead atoms. The van der Waals surface area contributed by atoms with Gasteiger partial charge in [-0.1, -0.05) is 37.6 Å². The molecule has 0 radical (unpaired) electrons. The Hall–Kier alpha value is -2.79. The average Bonchev–Trinajstić information content (AvgIpc) is 2.73. The van der Waals surface area contributed by atoms with Crippen molar-refractivity contribution in [3.05, 3.63) is 70.4 Å². The number of anilines is 1. The van der Waals surface area contributed by atoms with Crippen LogP contribution < -0.4 is 9.64 Å². The van der Waals surface area contributed by atoms with E-state index in [1.807, 2.05) is 49.4 Å². The van der Waals surface area contributed by atoms with Gasteiger partial charge >= 0.3 is 5.97 Å². The van der Waals surface area contributed by atoms with Crippen LogP contribution in [0.15, 0.2) is 59.9 Å². The fourth-order valence-corrected chi connectivity index (χ4v) is 3.83. The average molecular weight is 414 g/mol. The molecule has 1 aliphatic heterocycles. The van der Waals surface area contributed by atoms with E-state index in [9.17, 15) is 9.59 Å². The van der Waals surface area contributed by atoms with Crippen molar-refractivity contribution < 1.29 is 19.1 Å². The Kier molecular flexibility index (Phi) is 6.28. The van der Waals surface area contributed by atoms with E-state index >= 15 is 0 Å². The maximum atomic E-state index is 13.4. The van der Waals surface area contributed by atoms with E-state index in [-0.39, 0.29) is 30.3 Å². The van der Waals surface area contributed by atoms with E-state index in [4.69, 9.17) is 21.1 Å². The Balaban J connectivity index is 2.14. The number of amides is 1. The van der Waals surface area contributed by atoms with Crippen molar-refractivity contribution in [1.29, 1.82) is 0 Å². The lowest BCUT2D eigenvalue weighted by Gasteiger charge is -2.41. The number of carbonyl (C=O) groups excluding carboxylic acids is 2. The highest BCUT2D eigenvalue weighted by atomic mass is 35.5. The van der Waals surface area contributed by atoms with Crippen LogP contribution in [0.3, 0.4) is 0 Å². The van der Waals surface area contributed by atoms with Gasteiger partial charge in [-0.2, -0.15) is 0 Å². The second-order valence-corrected chi connectivity index (χ2v) is 7.42. The minimum atomic E-state index is -0.377. The number of nitrogens with zero attached hydrogens (tertiary/aromatic N) is 1. The summed E-state index contributed by atoms with van der Waals surface area (Å²) >= 11 is 6.24. The molecular formula is C23H24ClNO4. The molecule has 1 amide bonds. The summed E-state index contributed by atoms with van der Waals surface area (Å²) < 4.78 is 10.8. The van der Waals surface area contributed by atoms with Gasteiger partial charge in [0.2, 0.25) is 0 Å². The van der Waals surface area contributed by atoms with Crippen LogP contribution >= 0.6 is 11.6 Å². The number of esters is 1. The number of hydrogen-bond acceptors (Lipinski definition) is 4. The van der Waals surface area contributed by atoms with Crippen molar-refractivity contribution >= 4 is 29.2 Å². The second kappa shape index (κ2) is 8.70. The number of benzene rings is 2. The molecule has 2 aromatic carbocycles. The zero-order chi connectivity index (χ0) is 21.1. The third kappa shape index (κ3) is 4.15. The van der Waals surface area contributed by atoms with Gasteiger partial charge in [-0.25, -0.2) is 0 Å². The highest BCUT2D eigenvalue weighted by molar-refractivity contribution is 6.30. The first-order chi connectivity index (χ1) is 13.9. The first-order valence-corrected chi connectivity index (χ1v) is 9.89. The molecule has 0 spiro atoms. The van der Waals surface area contributed by atoms with Gasteiger partial charge in [0.15, 0.2) is 0 Å². The molecule has 2 atom stereocenters. The molecule has 2 aromatic rings. The number of ether oxygens (including phenoxy) is 2. The van der Waals surface area contributed by atoms with Gasteiger partial charge in [-0.05, 0) is 48.9 Å². The smallest absolute Gasteiger partial charge is 0.310 e. The van der Waals surface area contributed by atoms with Crippen molar-refractivity contribution in [2.24, 2.45) is 5.92 Å². The minimum absolute atomic E-state index is 0.211. The topological polar surface area (TPSA) is 55.8 Å². The Bertz CT molecular complexity index is 952. The number of carbonyl (C=O) groups is 2. The maximum Gasteiger partial charge on any atom is 0.310 e. The van der Waals surface area contributed by atoms with Crippen LogP contribution in [-0.2, 0) is 14.3 Å². The monoisotopic (exact) mass is 413 g/mol. The lowest BCUT2D eigenvalue weighted by Crippen LogP contribution is -2.44. The van der Waals surface area contributed by atoms with E-state index in [1.165, 1.54) is 0 Å². The van der Waals surface area contributed by atoms with Crippen molar-refractivity contribution in [2.75, 3.05) is 12.0 Å². The van der Waals surface area contributed by atoms with Crippen LogP contribution in [0.1, 0.15) is 38.8 Å². The summed E-state index contributed by atoms with van der Waals surface area (Å²) in [5.74, 6) is 0.301. The van der Waals surface area contributed by atoms with E-state index in [0.29, 0.717) is 22.1 Å². The highest BCUT2D eigenvalue weighted by Crippen LogP contribution is 2.43. The highest BCUT2D eigenvalue weighted by Gasteiger charge is 2.41. The number of methoxy groups -OCH3 is 1. The molecule has 5 nitrogen and oxygen atoms in total. The molecule has 0 saturated heterocycles. The molecule has 3 rings (SSSR count). The second-order valence-electron chi connectivity index (χ2n) is 6.98. The molecule has 0 N–H and O–H groups in total. The largest absolute Gasteiger partial charge is 0.497 e. The number of halogens is 1. The van der Waals surface area contributed by atoms with E-state index in [0.717, 1.165) is 11.3 Å². The fraction of sp³-hybridized carbons (Fsp3) is 0.304. The first kappa shape index (κ1) is 20.9. The van der Waals surface area contributed by atoms with Crippen LogP contribution in [0.4, 0.5) is 5.69 Å². The molecule has 29 heavy (non-hydrogen) atoms. The summed E-state index contributed by atoms with van der Waals surface area (Å²) in [7, 11) is 1.60.